The second-order valence-corrected chi connectivity index (χ2v) is 6.28. The van der Waals surface area contributed by atoms with Crippen molar-refractivity contribution in [3.8, 4) is 0 Å². The highest BCUT2D eigenvalue weighted by atomic mass is 79.9. The molecule has 1 fully saturated rings. The first-order chi connectivity index (χ1) is 9.74. The van der Waals surface area contributed by atoms with Crippen molar-refractivity contribution in [1.29, 1.82) is 0 Å². The van der Waals surface area contributed by atoms with E-state index in [1.54, 1.807) is 0 Å². The molecule has 20 heavy (non-hydrogen) atoms. The van der Waals surface area contributed by atoms with Crippen molar-refractivity contribution in [2.24, 2.45) is 0 Å². The molecule has 1 saturated heterocycles. The molecule has 104 valence electrons. The Labute approximate surface area is 132 Å². The molecule has 0 aliphatic carbocycles. The Morgan fingerprint density at radius 3 is 2.75 bits per heavy atom. The van der Waals surface area contributed by atoms with Gasteiger partial charge in [-0.2, -0.15) is 0 Å². The van der Waals surface area contributed by atoms with Gasteiger partial charge in [0.15, 0.2) is 0 Å². The summed E-state index contributed by atoms with van der Waals surface area (Å²) in [6.45, 7) is 2.86. The van der Waals surface area contributed by atoms with Gasteiger partial charge in [-0.3, -0.25) is 0 Å². The highest BCUT2D eigenvalue weighted by Gasteiger charge is 2.22. The van der Waals surface area contributed by atoms with Gasteiger partial charge in [0.05, 0.1) is 10.7 Å². The Morgan fingerprint density at radius 2 is 1.95 bits per heavy atom. The maximum Gasteiger partial charge on any atom is 0.0640 e. The van der Waals surface area contributed by atoms with Gasteiger partial charge in [-0.25, -0.2) is 0 Å². The molecule has 0 bridgehead atoms. The zero-order valence-corrected chi connectivity index (χ0v) is 13.4. The minimum absolute atomic E-state index is 0.347. The molecular weight excluding hydrogens is 336 g/mol. The van der Waals surface area contributed by atoms with Gasteiger partial charge in [0.25, 0.3) is 0 Å². The average Bonchev–Trinajstić information content (AvgIpc) is 2.51. The highest BCUT2D eigenvalue weighted by Crippen LogP contribution is 2.31. The van der Waals surface area contributed by atoms with Gasteiger partial charge in [-0.05, 0) is 23.8 Å². The summed E-state index contributed by atoms with van der Waals surface area (Å²) in [6, 6.07) is 16.9. The molecule has 0 aromatic heterocycles. The fourth-order valence-corrected chi connectivity index (χ4v) is 3.19. The molecule has 0 saturated carbocycles. The first kappa shape index (κ1) is 13.9. The molecule has 1 aliphatic rings. The van der Waals surface area contributed by atoms with Crippen LogP contribution in [0.4, 0.5) is 5.69 Å². The van der Waals surface area contributed by atoms with Gasteiger partial charge in [-0.15, -0.1) is 0 Å². The fourth-order valence-electron chi connectivity index (χ4n) is 2.61. The normalized spacial score (nSPS) is 19.1. The molecule has 0 amide bonds. The Kier molecular flexibility index (Phi) is 4.29. The van der Waals surface area contributed by atoms with Gasteiger partial charge in [-0.1, -0.05) is 57.9 Å². The molecule has 1 unspecified atom stereocenters. The highest BCUT2D eigenvalue weighted by molar-refractivity contribution is 9.10. The van der Waals surface area contributed by atoms with Gasteiger partial charge >= 0.3 is 0 Å². The maximum atomic E-state index is 6.34. The number of hydrogen-bond donors (Lipinski definition) is 1. The van der Waals surface area contributed by atoms with Gasteiger partial charge in [0, 0.05) is 30.1 Å². The number of piperazine rings is 1. The van der Waals surface area contributed by atoms with Crippen LogP contribution in [0.1, 0.15) is 11.6 Å². The monoisotopic (exact) mass is 350 g/mol. The van der Waals surface area contributed by atoms with E-state index >= 15 is 0 Å². The lowest BCUT2D eigenvalue weighted by Gasteiger charge is -2.36. The summed E-state index contributed by atoms with van der Waals surface area (Å²) in [7, 11) is 0. The number of nitrogens with zero attached hydrogens (tertiary/aromatic N) is 1. The van der Waals surface area contributed by atoms with Crippen molar-refractivity contribution in [1.82, 2.24) is 5.32 Å². The summed E-state index contributed by atoms with van der Waals surface area (Å²) in [5.74, 6) is 0. The van der Waals surface area contributed by atoms with Crippen molar-refractivity contribution in [3.05, 3.63) is 63.6 Å². The first-order valence-corrected chi connectivity index (χ1v) is 7.89. The van der Waals surface area contributed by atoms with E-state index in [-0.39, 0.29) is 0 Å². The van der Waals surface area contributed by atoms with Crippen LogP contribution in [0.3, 0.4) is 0 Å². The van der Waals surface area contributed by atoms with E-state index in [0.29, 0.717) is 6.04 Å². The van der Waals surface area contributed by atoms with Crippen molar-refractivity contribution in [2.45, 2.75) is 6.04 Å². The third-order valence-electron chi connectivity index (χ3n) is 3.63. The van der Waals surface area contributed by atoms with Crippen molar-refractivity contribution >= 4 is 33.2 Å². The predicted octanol–water partition coefficient (Wildman–Crippen LogP) is 4.25. The van der Waals surface area contributed by atoms with E-state index in [0.717, 1.165) is 34.8 Å². The van der Waals surface area contributed by atoms with E-state index in [1.807, 2.05) is 12.1 Å². The molecule has 4 heteroatoms. The molecular formula is C16H16BrClN2. The standard InChI is InChI=1S/C16H16BrClN2/c17-13-6-7-14(18)16(10-13)20-9-8-19-15(11-20)12-4-2-1-3-5-12/h1-7,10,15,19H,8-9,11H2. The molecule has 2 aromatic rings. The zero-order chi connectivity index (χ0) is 13.9. The number of benzene rings is 2. The molecule has 1 N–H and O–H groups in total. The number of halogens is 2. The molecule has 1 aliphatic heterocycles. The smallest absolute Gasteiger partial charge is 0.0640 e. The van der Waals surface area contributed by atoms with E-state index in [1.165, 1.54) is 5.56 Å². The molecule has 1 atom stereocenters. The van der Waals surface area contributed by atoms with Crippen molar-refractivity contribution in [2.75, 3.05) is 24.5 Å². The summed E-state index contributed by atoms with van der Waals surface area (Å²) in [5, 5.41) is 4.38. The summed E-state index contributed by atoms with van der Waals surface area (Å²) >= 11 is 9.86. The second-order valence-electron chi connectivity index (χ2n) is 4.96. The van der Waals surface area contributed by atoms with Crippen molar-refractivity contribution < 1.29 is 0 Å². The quantitative estimate of drug-likeness (QED) is 0.870. The minimum atomic E-state index is 0.347. The number of anilines is 1. The minimum Gasteiger partial charge on any atom is -0.367 e. The molecule has 0 spiro atoms. The summed E-state index contributed by atoms with van der Waals surface area (Å²) in [6.07, 6.45) is 0. The summed E-state index contributed by atoms with van der Waals surface area (Å²) in [4.78, 5) is 2.35. The van der Waals surface area contributed by atoms with Crippen LogP contribution < -0.4 is 10.2 Å². The fraction of sp³-hybridized carbons (Fsp3) is 0.250. The second kappa shape index (κ2) is 6.17. The molecule has 1 heterocycles. The van der Waals surface area contributed by atoms with Crippen LogP contribution in [0.25, 0.3) is 0 Å². The number of rotatable bonds is 2. The SMILES string of the molecule is Clc1ccc(Br)cc1N1CCNC(c2ccccc2)C1. The van der Waals surface area contributed by atoms with Gasteiger partial charge in [0.1, 0.15) is 0 Å². The molecule has 2 aromatic carbocycles. The summed E-state index contributed by atoms with van der Waals surface area (Å²) in [5.41, 5.74) is 2.42. The Bertz CT molecular complexity index is 588. The van der Waals surface area contributed by atoms with Crippen LogP contribution in [-0.2, 0) is 0 Å². The van der Waals surface area contributed by atoms with Crippen LogP contribution in [0.5, 0.6) is 0 Å². The number of nitrogens with one attached hydrogen (secondary N) is 1. The van der Waals surface area contributed by atoms with Crippen LogP contribution in [-0.4, -0.2) is 19.6 Å². The Balaban J connectivity index is 1.83. The lowest BCUT2D eigenvalue weighted by atomic mass is 10.0. The molecule has 3 rings (SSSR count). The number of hydrogen-bond acceptors (Lipinski definition) is 2. The third-order valence-corrected chi connectivity index (χ3v) is 4.44. The average molecular weight is 352 g/mol. The first-order valence-electron chi connectivity index (χ1n) is 6.72. The van der Waals surface area contributed by atoms with Gasteiger partial charge < -0.3 is 10.2 Å². The molecule has 2 nitrogen and oxygen atoms in total. The van der Waals surface area contributed by atoms with E-state index in [9.17, 15) is 0 Å². The zero-order valence-electron chi connectivity index (χ0n) is 11.0. The third kappa shape index (κ3) is 3.00. The van der Waals surface area contributed by atoms with Crippen LogP contribution >= 0.6 is 27.5 Å². The topological polar surface area (TPSA) is 15.3 Å². The van der Waals surface area contributed by atoms with Crippen LogP contribution in [0.2, 0.25) is 5.02 Å². The lowest BCUT2D eigenvalue weighted by molar-refractivity contribution is 0.472. The van der Waals surface area contributed by atoms with E-state index in [2.05, 4.69) is 62.5 Å². The van der Waals surface area contributed by atoms with Crippen LogP contribution in [0.15, 0.2) is 53.0 Å². The Morgan fingerprint density at radius 1 is 1.15 bits per heavy atom. The van der Waals surface area contributed by atoms with E-state index < -0.39 is 0 Å². The predicted molar refractivity (Wildman–Crippen MR) is 88.6 cm³/mol. The van der Waals surface area contributed by atoms with E-state index in [4.69, 9.17) is 11.6 Å². The largest absolute Gasteiger partial charge is 0.367 e. The lowest BCUT2D eigenvalue weighted by Crippen LogP contribution is -2.46. The van der Waals surface area contributed by atoms with Crippen molar-refractivity contribution in [3.63, 3.8) is 0 Å². The molecule has 0 radical (unpaired) electrons. The van der Waals surface area contributed by atoms with Crippen LogP contribution in [0, 0.1) is 0 Å². The van der Waals surface area contributed by atoms with Gasteiger partial charge in [0.2, 0.25) is 0 Å². The maximum absolute atomic E-state index is 6.34. The Hall–Kier alpha value is -1.03. The summed E-state index contributed by atoms with van der Waals surface area (Å²) < 4.78 is 1.06.